The molecule has 0 aliphatic rings. The van der Waals surface area contributed by atoms with Crippen LogP contribution in [-0.4, -0.2) is 11.6 Å². The monoisotopic (exact) mass is 321 g/mol. The molecule has 114 valence electrons. The predicted octanol–water partition coefficient (Wildman–Crippen LogP) is 5.62. The lowest BCUT2D eigenvalue weighted by molar-refractivity contribution is 0.341. The fraction of sp³-hybridized carbons (Fsp3) is 0.105. The summed E-state index contributed by atoms with van der Waals surface area (Å²) in [5, 5.41) is 0.997. The quantitative estimate of drug-likeness (QED) is 0.489. The number of thiazole rings is 1. The van der Waals surface area contributed by atoms with E-state index in [1.54, 1.807) is 11.3 Å². The highest BCUT2D eigenvalue weighted by molar-refractivity contribution is 7.13. The smallest absolute Gasteiger partial charge is 0.189 e. The Morgan fingerprint density at radius 1 is 1.04 bits per heavy atom. The van der Waals surface area contributed by atoms with E-state index < -0.39 is 0 Å². The molecule has 4 rings (SSSR count). The summed E-state index contributed by atoms with van der Waals surface area (Å²) in [5.74, 6) is 1.55. The van der Waals surface area contributed by atoms with Gasteiger partial charge in [0.2, 0.25) is 0 Å². The number of benzene rings is 2. The molecule has 0 unspecified atom stereocenters. The van der Waals surface area contributed by atoms with Crippen molar-refractivity contribution in [2.45, 2.75) is 6.92 Å². The van der Waals surface area contributed by atoms with Crippen molar-refractivity contribution >= 4 is 22.3 Å². The topological polar surface area (TPSA) is 35.3 Å². The normalized spacial score (nSPS) is 11.0. The van der Waals surface area contributed by atoms with Crippen LogP contribution >= 0.6 is 11.3 Å². The Hall–Kier alpha value is -2.59. The summed E-state index contributed by atoms with van der Waals surface area (Å²) in [6.45, 7) is 2.58. The number of hydrogen-bond donors (Lipinski definition) is 0. The zero-order valence-electron chi connectivity index (χ0n) is 12.7. The van der Waals surface area contributed by atoms with Gasteiger partial charge in [0.25, 0.3) is 0 Å². The Bertz CT molecular complexity index is 940. The fourth-order valence-corrected chi connectivity index (χ4v) is 3.45. The molecule has 0 radical (unpaired) electrons. The number of hydrogen-bond acceptors (Lipinski definition) is 4. The van der Waals surface area contributed by atoms with Gasteiger partial charge in [-0.25, -0.2) is 4.98 Å². The first-order valence-electron chi connectivity index (χ1n) is 7.52. The van der Waals surface area contributed by atoms with E-state index in [-0.39, 0.29) is 0 Å². The molecule has 0 bridgehead atoms. The number of aromatic nitrogens is 1. The molecule has 0 atom stereocenters. The van der Waals surface area contributed by atoms with Crippen molar-refractivity contribution in [1.82, 2.24) is 4.98 Å². The maximum atomic E-state index is 6.10. The summed E-state index contributed by atoms with van der Waals surface area (Å²) >= 11 is 1.57. The molecular weight excluding hydrogens is 306 g/mol. The Kier molecular flexibility index (Phi) is 3.60. The largest absolute Gasteiger partial charge is 0.489 e. The number of furan rings is 1. The third-order valence-corrected chi connectivity index (χ3v) is 4.48. The summed E-state index contributed by atoms with van der Waals surface area (Å²) in [5.41, 5.74) is 4.68. The predicted molar refractivity (Wildman–Crippen MR) is 93.9 cm³/mol. The maximum absolute atomic E-state index is 6.10. The van der Waals surface area contributed by atoms with Gasteiger partial charge in [0, 0.05) is 5.56 Å². The minimum Gasteiger partial charge on any atom is -0.489 e. The Morgan fingerprint density at radius 2 is 1.83 bits per heavy atom. The van der Waals surface area contributed by atoms with E-state index in [0.717, 1.165) is 38.6 Å². The molecule has 0 fully saturated rings. The molecule has 0 saturated carbocycles. The highest BCUT2D eigenvalue weighted by atomic mass is 32.1. The molecule has 0 aliphatic heterocycles. The van der Waals surface area contributed by atoms with Crippen LogP contribution in [0.15, 0.2) is 64.5 Å². The Balaban J connectivity index is 1.94. The van der Waals surface area contributed by atoms with Crippen molar-refractivity contribution in [2.24, 2.45) is 0 Å². The first-order valence-corrected chi connectivity index (χ1v) is 8.40. The highest BCUT2D eigenvalue weighted by Crippen LogP contribution is 2.45. The van der Waals surface area contributed by atoms with Gasteiger partial charge in [-0.2, -0.15) is 0 Å². The van der Waals surface area contributed by atoms with E-state index in [4.69, 9.17) is 9.15 Å². The molecule has 2 heterocycles. The van der Waals surface area contributed by atoms with Crippen LogP contribution in [0.3, 0.4) is 0 Å². The van der Waals surface area contributed by atoms with Crippen LogP contribution in [0.4, 0.5) is 0 Å². The van der Waals surface area contributed by atoms with Gasteiger partial charge in [0.1, 0.15) is 10.5 Å². The molecule has 0 spiro atoms. The van der Waals surface area contributed by atoms with Gasteiger partial charge < -0.3 is 9.15 Å². The van der Waals surface area contributed by atoms with Crippen LogP contribution in [0.25, 0.3) is 32.9 Å². The van der Waals surface area contributed by atoms with E-state index in [2.05, 4.69) is 17.1 Å². The van der Waals surface area contributed by atoms with Crippen LogP contribution in [0.5, 0.6) is 5.75 Å². The molecule has 0 saturated heterocycles. The number of para-hydroxylation sites is 1. The first-order chi connectivity index (χ1) is 11.4. The van der Waals surface area contributed by atoms with Crippen molar-refractivity contribution < 1.29 is 9.15 Å². The third-order valence-electron chi connectivity index (χ3n) is 3.66. The van der Waals surface area contributed by atoms with Crippen molar-refractivity contribution in [3.05, 3.63) is 60.1 Å². The number of rotatable bonds is 4. The number of ether oxygens (including phenoxy) is 1. The van der Waals surface area contributed by atoms with E-state index in [1.165, 1.54) is 0 Å². The van der Waals surface area contributed by atoms with Crippen LogP contribution < -0.4 is 4.74 Å². The lowest BCUT2D eigenvalue weighted by atomic mass is 10.1. The molecule has 3 nitrogen and oxygen atoms in total. The molecule has 4 aromatic rings. The van der Waals surface area contributed by atoms with E-state index in [9.17, 15) is 0 Å². The van der Waals surface area contributed by atoms with Crippen LogP contribution in [0, 0.1) is 0 Å². The minimum atomic E-state index is 0.593. The molecule has 2 aromatic carbocycles. The summed E-state index contributed by atoms with van der Waals surface area (Å²) in [7, 11) is 0. The average molecular weight is 321 g/mol. The maximum Gasteiger partial charge on any atom is 0.189 e. The van der Waals surface area contributed by atoms with E-state index in [1.807, 2.05) is 54.9 Å². The molecular formula is C19H15NO2S. The van der Waals surface area contributed by atoms with Crippen molar-refractivity contribution in [3.63, 3.8) is 0 Å². The Labute approximate surface area is 138 Å². The lowest BCUT2D eigenvalue weighted by Crippen LogP contribution is -1.92. The van der Waals surface area contributed by atoms with Crippen LogP contribution in [-0.2, 0) is 0 Å². The summed E-state index contributed by atoms with van der Waals surface area (Å²) in [4.78, 5) is 5.53. The zero-order valence-corrected chi connectivity index (χ0v) is 13.5. The zero-order chi connectivity index (χ0) is 15.6. The van der Waals surface area contributed by atoms with Gasteiger partial charge in [0.15, 0.2) is 11.5 Å². The van der Waals surface area contributed by atoms with Crippen LogP contribution in [0.2, 0.25) is 0 Å². The van der Waals surface area contributed by atoms with Gasteiger partial charge in [-0.15, -0.1) is 11.3 Å². The molecule has 2 aromatic heterocycles. The average Bonchev–Trinajstić information content (AvgIpc) is 3.21. The van der Waals surface area contributed by atoms with Gasteiger partial charge in [-0.3, -0.25) is 0 Å². The van der Waals surface area contributed by atoms with E-state index >= 15 is 0 Å². The van der Waals surface area contributed by atoms with E-state index in [0.29, 0.717) is 6.61 Å². The van der Waals surface area contributed by atoms with Gasteiger partial charge in [-0.05, 0) is 19.1 Å². The Morgan fingerprint density at radius 3 is 2.65 bits per heavy atom. The second kappa shape index (κ2) is 5.89. The standard InChI is InChI=1S/C19H15NO2S/c1-2-21-17-14-10-6-7-11-15(14)22-18(17)19-16(20-12-23-19)13-8-4-3-5-9-13/h3-12H,2H2,1H3. The summed E-state index contributed by atoms with van der Waals surface area (Å²) in [6.07, 6.45) is 0. The minimum absolute atomic E-state index is 0.593. The molecule has 0 N–H and O–H groups in total. The molecule has 0 amide bonds. The third kappa shape index (κ3) is 2.41. The second-order valence-electron chi connectivity index (χ2n) is 5.09. The summed E-state index contributed by atoms with van der Waals surface area (Å²) < 4.78 is 12.0. The van der Waals surface area contributed by atoms with Crippen molar-refractivity contribution in [2.75, 3.05) is 6.61 Å². The van der Waals surface area contributed by atoms with Crippen molar-refractivity contribution in [3.8, 4) is 27.6 Å². The summed E-state index contributed by atoms with van der Waals surface area (Å²) in [6, 6.07) is 18.1. The lowest BCUT2D eigenvalue weighted by Gasteiger charge is -2.04. The van der Waals surface area contributed by atoms with Gasteiger partial charge in [0.05, 0.1) is 23.2 Å². The van der Waals surface area contributed by atoms with Gasteiger partial charge in [-0.1, -0.05) is 42.5 Å². The molecule has 4 heteroatoms. The first kappa shape index (κ1) is 14.0. The van der Waals surface area contributed by atoms with Crippen molar-refractivity contribution in [1.29, 1.82) is 0 Å². The fourth-order valence-electron chi connectivity index (χ4n) is 2.67. The second-order valence-corrected chi connectivity index (χ2v) is 5.94. The molecule has 0 aliphatic carbocycles. The van der Waals surface area contributed by atoms with Crippen LogP contribution in [0.1, 0.15) is 6.92 Å². The number of fused-ring (bicyclic) bond motifs is 1. The highest BCUT2D eigenvalue weighted by Gasteiger charge is 2.22. The van der Waals surface area contributed by atoms with Gasteiger partial charge >= 0.3 is 0 Å². The molecule has 23 heavy (non-hydrogen) atoms. The number of nitrogens with zero attached hydrogens (tertiary/aromatic N) is 1. The SMILES string of the molecule is CCOc1c(-c2scnc2-c2ccccc2)oc2ccccc12.